The van der Waals surface area contributed by atoms with E-state index >= 15 is 0 Å². The van der Waals surface area contributed by atoms with Gasteiger partial charge >= 0.3 is 23.7 Å². The molecule has 0 aromatic heterocycles. The van der Waals surface area contributed by atoms with Gasteiger partial charge in [0.15, 0.2) is 0 Å². The highest BCUT2D eigenvalue weighted by atomic mass is 16.6. The fourth-order valence-electron chi connectivity index (χ4n) is 6.40. The van der Waals surface area contributed by atoms with Crippen molar-refractivity contribution in [2.75, 3.05) is 27.2 Å². The van der Waals surface area contributed by atoms with E-state index in [-0.39, 0.29) is 31.9 Å². The van der Waals surface area contributed by atoms with Crippen molar-refractivity contribution in [2.45, 2.75) is 84.0 Å². The lowest BCUT2D eigenvalue weighted by molar-refractivity contribution is -0.386. The van der Waals surface area contributed by atoms with Crippen LogP contribution >= 0.6 is 0 Å². The molecule has 61 heavy (non-hydrogen) atoms. The fraction of sp³-hybridized carbons (Fsp3) is 0.405. The van der Waals surface area contributed by atoms with Crippen LogP contribution in [0.4, 0.5) is 10.5 Å². The van der Waals surface area contributed by atoms with Crippen LogP contribution in [-0.4, -0.2) is 124 Å². The van der Waals surface area contributed by atoms with Crippen LogP contribution < -0.4 is 15.4 Å². The Balaban J connectivity index is 1.53. The van der Waals surface area contributed by atoms with Crippen molar-refractivity contribution in [3.05, 3.63) is 105 Å². The molecule has 1 saturated heterocycles. The number of carbonyl (C=O) groups excluding carboxylic acids is 6. The standard InChI is InChI=1S/C42H50N6O13/c1-25-19-20-31(35(48(57)58)36(25)59-23-29-14-9-7-10-15-29)37(50)44-34(38(51)43-26(2)39(52)47-21-13-18-32(47)40(53)54)28(4)61-41(55)27(3)46(6)33(49)22-45(5)42(56)60-24-30-16-11-8-12-17-30/h7-12,14-17,19-20,26-28,32,34H,13,18,21-24H2,1-6H3,(H,43,51)(H,44,50)(H,53,54)/t26-,27+,28-,32+,34+/m1/s1. The summed E-state index contributed by atoms with van der Waals surface area (Å²) in [6, 6.07) is 14.8. The first-order valence-corrected chi connectivity index (χ1v) is 19.4. The number of carboxylic acid groups (broad SMARTS) is 1. The number of likely N-dealkylation sites (N-methyl/N-ethyl adjacent to an activating group) is 2. The first kappa shape index (κ1) is 46.6. The number of nitrogens with zero attached hydrogens (tertiary/aromatic N) is 4. The quantitative estimate of drug-likeness (QED) is 0.0948. The van der Waals surface area contributed by atoms with E-state index in [9.17, 15) is 48.8 Å². The Kier molecular flexibility index (Phi) is 16.3. The summed E-state index contributed by atoms with van der Waals surface area (Å²) >= 11 is 0. The first-order valence-electron chi connectivity index (χ1n) is 19.4. The van der Waals surface area contributed by atoms with E-state index in [1.165, 1.54) is 47.0 Å². The number of likely N-dealkylation sites (tertiary alicyclic amines) is 1. The van der Waals surface area contributed by atoms with Crippen LogP contribution in [0, 0.1) is 17.0 Å². The van der Waals surface area contributed by atoms with Crippen molar-refractivity contribution in [1.82, 2.24) is 25.3 Å². The summed E-state index contributed by atoms with van der Waals surface area (Å²) < 4.78 is 16.7. The van der Waals surface area contributed by atoms with Crippen molar-refractivity contribution in [3.63, 3.8) is 0 Å². The topological polar surface area (TPSA) is 244 Å². The van der Waals surface area contributed by atoms with E-state index in [4.69, 9.17) is 14.2 Å². The molecule has 326 valence electrons. The van der Waals surface area contributed by atoms with Crippen LogP contribution in [0.1, 0.15) is 60.7 Å². The molecule has 5 amide bonds. The van der Waals surface area contributed by atoms with Gasteiger partial charge < -0.3 is 44.7 Å². The van der Waals surface area contributed by atoms with E-state index < -0.39 is 94.7 Å². The SMILES string of the molecule is Cc1ccc(C(=O)N[C@H](C(=O)N[C@H](C)C(=O)N2CCC[C@H]2C(=O)O)[C@@H](C)OC(=O)[C@H](C)N(C)C(=O)CN(C)C(=O)OCc2ccccc2)c([N+](=O)[O-])c1OCc1ccccc1. The maximum absolute atomic E-state index is 13.9. The van der Waals surface area contributed by atoms with Gasteiger partial charge in [0.25, 0.3) is 5.91 Å². The predicted octanol–water partition coefficient (Wildman–Crippen LogP) is 3.21. The lowest BCUT2D eigenvalue weighted by atomic mass is 10.1. The molecule has 0 spiro atoms. The molecule has 5 atom stereocenters. The number of ether oxygens (including phenoxy) is 3. The third-order valence-electron chi connectivity index (χ3n) is 10.1. The van der Waals surface area contributed by atoms with E-state index in [0.29, 0.717) is 17.5 Å². The maximum atomic E-state index is 13.9. The Labute approximate surface area is 352 Å². The molecule has 0 bridgehead atoms. The number of benzene rings is 3. The van der Waals surface area contributed by atoms with Gasteiger partial charge in [0.05, 0.1) is 4.92 Å². The molecule has 19 heteroatoms. The van der Waals surface area contributed by atoms with Crippen molar-refractivity contribution < 1.29 is 57.8 Å². The second-order valence-electron chi connectivity index (χ2n) is 14.6. The number of rotatable bonds is 18. The number of amides is 5. The maximum Gasteiger partial charge on any atom is 0.410 e. The summed E-state index contributed by atoms with van der Waals surface area (Å²) in [4.78, 5) is 107. The Morgan fingerprint density at radius 1 is 0.902 bits per heavy atom. The second kappa shape index (κ2) is 21.3. The second-order valence-corrected chi connectivity index (χ2v) is 14.6. The molecule has 1 fully saturated rings. The molecule has 4 rings (SSSR count). The number of hydrogen-bond donors (Lipinski definition) is 3. The highest BCUT2D eigenvalue weighted by Gasteiger charge is 2.39. The molecule has 3 aromatic rings. The number of aliphatic carboxylic acids is 1. The third kappa shape index (κ3) is 12.2. The monoisotopic (exact) mass is 846 g/mol. The minimum atomic E-state index is -1.80. The summed E-state index contributed by atoms with van der Waals surface area (Å²) in [5, 5.41) is 26.9. The molecular formula is C42H50N6O13. The van der Waals surface area contributed by atoms with Crippen molar-refractivity contribution in [1.29, 1.82) is 0 Å². The molecule has 1 aliphatic heterocycles. The van der Waals surface area contributed by atoms with Gasteiger partial charge in [-0.25, -0.2) is 14.4 Å². The number of nitro benzene ring substituents is 1. The molecule has 0 unspecified atom stereocenters. The molecule has 1 heterocycles. The lowest BCUT2D eigenvalue weighted by Crippen LogP contribution is -2.58. The summed E-state index contributed by atoms with van der Waals surface area (Å²) in [6.45, 7) is 5.00. The number of hydrogen-bond acceptors (Lipinski definition) is 12. The Bertz CT molecular complexity index is 2100. The zero-order valence-electron chi connectivity index (χ0n) is 34.7. The summed E-state index contributed by atoms with van der Waals surface area (Å²) in [5.74, 6) is -6.02. The molecule has 0 aliphatic carbocycles. The average Bonchev–Trinajstić information content (AvgIpc) is 3.74. The van der Waals surface area contributed by atoms with Gasteiger partial charge in [-0.2, -0.15) is 0 Å². The summed E-state index contributed by atoms with van der Waals surface area (Å²) in [6.07, 6.45) is -1.69. The third-order valence-corrected chi connectivity index (χ3v) is 10.1. The normalized spacial score (nSPS) is 15.2. The molecule has 1 aliphatic rings. The minimum absolute atomic E-state index is 0.0333. The van der Waals surface area contributed by atoms with Gasteiger partial charge in [0.1, 0.15) is 55.6 Å². The van der Waals surface area contributed by atoms with E-state index in [1.807, 2.05) is 0 Å². The number of nitro groups is 1. The largest absolute Gasteiger partial charge is 0.482 e. The van der Waals surface area contributed by atoms with Crippen LogP contribution in [0.5, 0.6) is 5.75 Å². The fourth-order valence-corrected chi connectivity index (χ4v) is 6.40. The van der Waals surface area contributed by atoms with Crippen LogP contribution in [0.3, 0.4) is 0 Å². The first-order chi connectivity index (χ1) is 28.9. The van der Waals surface area contributed by atoms with Gasteiger partial charge in [0.2, 0.25) is 23.5 Å². The molecule has 0 radical (unpaired) electrons. The van der Waals surface area contributed by atoms with Crippen LogP contribution in [0.25, 0.3) is 0 Å². The number of esters is 1. The lowest BCUT2D eigenvalue weighted by Gasteiger charge is -2.30. The average molecular weight is 847 g/mol. The highest BCUT2D eigenvalue weighted by molar-refractivity contribution is 6.02. The highest BCUT2D eigenvalue weighted by Crippen LogP contribution is 2.35. The van der Waals surface area contributed by atoms with E-state index in [0.717, 1.165) is 20.3 Å². The Morgan fingerprint density at radius 2 is 1.51 bits per heavy atom. The number of aryl methyl sites for hydroxylation is 1. The summed E-state index contributed by atoms with van der Waals surface area (Å²) in [5.41, 5.74) is 0.576. The number of carboxylic acids is 1. The van der Waals surface area contributed by atoms with Crippen molar-refractivity contribution >= 4 is 47.3 Å². The van der Waals surface area contributed by atoms with Crippen LogP contribution in [0.15, 0.2) is 72.8 Å². The zero-order chi connectivity index (χ0) is 45.0. The van der Waals surface area contributed by atoms with Gasteiger partial charge in [0, 0.05) is 20.6 Å². The van der Waals surface area contributed by atoms with Gasteiger partial charge in [-0.3, -0.25) is 29.3 Å². The Hall–Kier alpha value is -7.05. The summed E-state index contributed by atoms with van der Waals surface area (Å²) in [7, 11) is 2.63. The molecule has 3 aromatic carbocycles. The van der Waals surface area contributed by atoms with E-state index in [1.54, 1.807) is 67.6 Å². The molecular weight excluding hydrogens is 796 g/mol. The number of nitrogens with one attached hydrogen (secondary N) is 2. The number of carbonyl (C=O) groups is 7. The van der Waals surface area contributed by atoms with Crippen LogP contribution in [0.2, 0.25) is 0 Å². The van der Waals surface area contributed by atoms with E-state index in [2.05, 4.69) is 10.6 Å². The Morgan fingerprint density at radius 3 is 2.10 bits per heavy atom. The van der Waals surface area contributed by atoms with Crippen molar-refractivity contribution in [2.24, 2.45) is 0 Å². The molecule has 3 N–H and O–H groups in total. The predicted molar refractivity (Wildman–Crippen MR) is 217 cm³/mol. The zero-order valence-corrected chi connectivity index (χ0v) is 34.7. The van der Waals surface area contributed by atoms with Gasteiger partial charge in [-0.15, -0.1) is 0 Å². The van der Waals surface area contributed by atoms with Gasteiger partial charge in [-0.1, -0.05) is 66.7 Å². The minimum Gasteiger partial charge on any atom is -0.482 e. The smallest absolute Gasteiger partial charge is 0.410 e. The van der Waals surface area contributed by atoms with Gasteiger partial charge in [-0.05, 0) is 63.3 Å². The van der Waals surface area contributed by atoms with Crippen LogP contribution in [-0.2, 0) is 46.7 Å². The molecule has 0 saturated carbocycles. The molecule has 19 nitrogen and oxygen atoms in total. The van der Waals surface area contributed by atoms with Crippen molar-refractivity contribution in [3.8, 4) is 5.75 Å².